The Morgan fingerprint density at radius 2 is 2.05 bits per heavy atom. The number of nitrogens with zero attached hydrogens (tertiary/aromatic N) is 1. The summed E-state index contributed by atoms with van der Waals surface area (Å²) >= 11 is 2.94. The quantitative estimate of drug-likeness (QED) is 0.887. The van der Waals surface area contributed by atoms with Crippen LogP contribution >= 0.6 is 15.9 Å². The van der Waals surface area contributed by atoms with E-state index in [4.69, 9.17) is 4.74 Å². The maximum absolute atomic E-state index is 13.8. The Hall–Kier alpha value is -1.74. The lowest BCUT2D eigenvalue weighted by atomic mass is 10.3. The molecular weight excluding hydrogens is 370 g/mol. The first-order valence-electron chi connectivity index (χ1n) is 5.51. The lowest BCUT2D eigenvalue weighted by Crippen LogP contribution is -2.16. The Balaban J connectivity index is 2.48. The molecule has 0 aliphatic rings. The van der Waals surface area contributed by atoms with Crippen LogP contribution in [0.15, 0.2) is 39.8 Å². The van der Waals surface area contributed by atoms with Crippen molar-refractivity contribution in [2.45, 2.75) is 4.90 Å². The number of pyridine rings is 1. The van der Waals surface area contributed by atoms with Gasteiger partial charge >= 0.3 is 0 Å². The summed E-state index contributed by atoms with van der Waals surface area (Å²) in [6.07, 6.45) is 0.817. The number of sulfonamides is 1. The molecule has 0 radical (unpaired) electrons. The summed E-state index contributed by atoms with van der Waals surface area (Å²) in [5.41, 5.74) is -0.282. The van der Waals surface area contributed by atoms with Crippen LogP contribution in [-0.4, -0.2) is 20.5 Å². The van der Waals surface area contributed by atoms with Gasteiger partial charge in [0.1, 0.15) is 5.82 Å². The van der Waals surface area contributed by atoms with Crippen molar-refractivity contribution >= 4 is 31.6 Å². The van der Waals surface area contributed by atoms with Crippen LogP contribution in [0.5, 0.6) is 5.88 Å². The highest BCUT2D eigenvalue weighted by Gasteiger charge is 2.23. The summed E-state index contributed by atoms with van der Waals surface area (Å²) in [6.45, 7) is 0. The van der Waals surface area contributed by atoms with Crippen molar-refractivity contribution < 1.29 is 21.9 Å². The SMILES string of the molecule is COc1ncc(F)cc1S(=O)(=O)Nc1cccc(Br)c1F. The zero-order valence-corrected chi connectivity index (χ0v) is 13.0. The molecule has 0 saturated heterocycles. The van der Waals surface area contributed by atoms with Crippen LogP contribution in [0, 0.1) is 11.6 Å². The minimum absolute atomic E-state index is 0.0898. The van der Waals surface area contributed by atoms with E-state index in [1.807, 2.05) is 4.72 Å². The van der Waals surface area contributed by atoms with Crippen molar-refractivity contribution in [2.75, 3.05) is 11.8 Å². The molecule has 1 aromatic heterocycles. The number of hydrogen-bond acceptors (Lipinski definition) is 4. The third kappa shape index (κ3) is 3.30. The third-order valence-electron chi connectivity index (χ3n) is 2.46. The molecule has 21 heavy (non-hydrogen) atoms. The van der Waals surface area contributed by atoms with Crippen molar-refractivity contribution in [1.82, 2.24) is 4.98 Å². The first-order valence-corrected chi connectivity index (χ1v) is 7.79. The topological polar surface area (TPSA) is 68.3 Å². The number of ether oxygens (including phenoxy) is 1. The number of benzene rings is 1. The van der Waals surface area contributed by atoms with Crippen LogP contribution in [0.25, 0.3) is 0 Å². The predicted molar refractivity (Wildman–Crippen MR) is 75.7 cm³/mol. The summed E-state index contributed by atoms with van der Waals surface area (Å²) in [7, 11) is -3.06. The molecule has 0 atom stereocenters. The first kappa shape index (κ1) is 15.6. The molecular formula is C12H9BrF2N2O3S. The average Bonchev–Trinajstić information content (AvgIpc) is 2.44. The summed E-state index contributed by atoms with van der Waals surface area (Å²) in [5.74, 6) is -1.94. The van der Waals surface area contributed by atoms with Gasteiger partial charge in [-0.15, -0.1) is 0 Å². The fourth-order valence-electron chi connectivity index (χ4n) is 1.54. The highest BCUT2D eigenvalue weighted by atomic mass is 79.9. The van der Waals surface area contributed by atoms with Gasteiger partial charge in [0, 0.05) is 6.07 Å². The highest BCUT2D eigenvalue weighted by Crippen LogP contribution is 2.27. The fourth-order valence-corrected chi connectivity index (χ4v) is 3.09. The Morgan fingerprint density at radius 1 is 1.33 bits per heavy atom. The minimum atomic E-state index is -4.26. The molecule has 5 nitrogen and oxygen atoms in total. The molecule has 0 spiro atoms. The van der Waals surface area contributed by atoms with E-state index in [1.54, 1.807) is 0 Å². The highest BCUT2D eigenvalue weighted by molar-refractivity contribution is 9.10. The van der Waals surface area contributed by atoms with Gasteiger partial charge in [0.05, 0.1) is 23.5 Å². The average molecular weight is 379 g/mol. The molecule has 0 unspecified atom stereocenters. The maximum atomic E-state index is 13.8. The van der Waals surface area contributed by atoms with Crippen LogP contribution in [0.4, 0.5) is 14.5 Å². The standard InChI is InChI=1S/C12H9BrF2N2O3S/c1-20-12-10(5-7(14)6-16-12)21(18,19)17-9-4-2-3-8(13)11(9)15/h2-6,17H,1H3. The number of nitrogens with one attached hydrogen (secondary N) is 1. The fraction of sp³-hybridized carbons (Fsp3) is 0.0833. The maximum Gasteiger partial charge on any atom is 0.267 e. The molecule has 0 saturated carbocycles. The first-order chi connectivity index (χ1) is 9.85. The van der Waals surface area contributed by atoms with Crippen LogP contribution in [0.1, 0.15) is 0 Å². The second-order valence-electron chi connectivity index (χ2n) is 3.87. The van der Waals surface area contributed by atoms with E-state index >= 15 is 0 Å². The molecule has 0 aliphatic carbocycles. The zero-order valence-electron chi connectivity index (χ0n) is 10.6. The lowest BCUT2D eigenvalue weighted by Gasteiger charge is -2.11. The summed E-state index contributed by atoms with van der Waals surface area (Å²) in [6, 6.07) is 4.84. The van der Waals surface area contributed by atoms with Crippen molar-refractivity contribution in [3.8, 4) is 5.88 Å². The summed E-state index contributed by atoms with van der Waals surface area (Å²) in [5, 5.41) is 0. The smallest absolute Gasteiger partial charge is 0.267 e. The Kier molecular flexibility index (Phi) is 4.43. The van der Waals surface area contributed by atoms with Crippen LogP contribution in [-0.2, 0) is 10.0 Å². The second-order valence-corrected chi connectivity index (χ2v) is 6.37. The minimum Gasteiger partial charge on any atom is -0.480 e. The number of rotatable bonds is 4. The zero-order chi connectivity index (χ0) is 15.6. The van der Waals surface area contributed by atoms with Gasteiger partial charge in [-0.05, 0) is 28.1 Å². The van der Waals surface area contributed by atoms with E-state index in [0.717, 1.165) is 12.3 Å². The van der Waals surface area contributed by atoms with E-state index in [0.29, 0.717) is 0 Å². The Morgan fingerprint density at radius 3 is 2.71 bits per heavy atom. The van der Waals surface area contributed by atoms with E-state index in [2.05, 4.69) is 20.9 Å². The molecule has 1 aromatic carbocycles. The van der Waals surface area contributed by atoms with Gasteiger partial charge < -0.3 is 4.74 Å². The molecule has 0 amide bonds. The molecule has 1 N–H and O–H groups in total. The number of aromatic nitrogens is 1. The van der Waals surface area contributed by atoms with Gasteiger partial charge in [-0.1, -0.05) is 6.07 Å². The van der Waals surface area contributed by atoms with Crippen LogP contribution in [0.2, 0.25) is 0 Å². The van der Waals surface area contributed by atoms with E-state index in [1.165, 1.54) is 25.3 Å². The lowest BCUT2D eigenvalue weighted by molar-refractivity contribution is 0.382. The van der Waals surface area contributed by atoms with E-state index in [-0.39, 0.29) is 16.0 Å². The third-order valence-corrected chi connectivity index (χ3v) is 4.44. The Labute approximate surface area is 128 Å². The van der Waals surface area contributed by atoms with Gasteiger partial charge in [-0.2, -0.15) is 0 Å². The predicted octanol–water partition coefficient (Wildman–Crippen LogP) is 2.93. The van der Waals surface area contributed by atoms with Gasteiger partial charge in [0.25, 0.3) is 10.0 Å². The molecule has 0 fully saturated rings. The Bertz CT molecular complexity index is 784. The number of methoxy groups -OCH3 is 1. The monoisotopic (exact) mass is 378 g/mol. The van der Waals surface area contributed by atoms with Crippen LogP contribution < -0.4 is 9.46 Å². The number of hydrogen-bond donors (Lipinski definition) is 1. The van der Waals surface area contributed by atoms with Crippen molar-refractivity contribution in [2.24, 2.45) is 0 Å². The van der Waals surface area contributed by atoms with Gasteiger partial charge in [0.15, 0.2) is 10.7 Å². The van der Waals surface area contributed by atoms with Crippen molar-refractivity contribution in [3.05, 3.63) is 46.6 Å². The number of anilines is 1. The van der Waals surface area contributed by atoms with Gasteiger partial charge in [0.2, 0.25) is 5.88 Å². The van der Waals surface area contributed by atoms with Crippen LogP contribution in [0.3, 0.4) is 0 Å². The number of halogens is 3. The largest absolute Gasteiger partial charge is 0.480 e. The summed E-state index contributed by atoms with van der Waals surface area (Å²) < 4.78 is 58.3. The van der Waals surface area contributed by atoms with E-state index in [9.17, 15) is 17.2 Å². The summed E-state index contributed by atoms with van der Waals surface area (Å²) in [4.78, 5) is 3.00. The molecule has 112 valence electrons. The van der Waals surface area contributed by atoms with Crippen molar-refractivity contribution in [1.29, 1.82) is 0 Å². The molecule has 2 rings (SSSR count). The molecule has 9 heteroatoms. The second kappa shape index (κ2) is 5.94. The molecule has 1 heterocycles. The van der Waals surface area contributed by atoms with Gasteiger partial charge in [-0.3, -0.25) is 4.72 Å². The molecule has 2 aromatic rings. The van der Waals surface area contributed by atoms with Gasteiger partial charge in [-0.25, -0.2) is 22.2 Å². The molecule has 0 bridgehead atoms. The normalized spacial score (nSPS) is 11.2. The van der Waals surface area contributed by atoms with Crippen molar-refractivity contribution in [3.63, 3.8) is 0 Å². The molecule has 0 aliphatic heterocycles. The van der Waals surface area contributed by atoms with E-state index < -0.39 is 26.6 Å².